The van der Waals surface area contributed by atoms with Gasteiger partial charge in [-0.05, 0) is 50.2 Å². The van der Waals surface area contributed by atoms with Crippen LogP contribution in [0.1, 0.15) is 28.5 Å². The number of carbonyl (C=O) groups excluding carboxylic acids is 1. The number of benzene rings is 2. The van der Waals surface area contributed by atoms with Crippen molar-refractivity contribution in [2.75, 3.05) is 0 Å². The Kier molecular flexibility index (Phi) is 5.44. The molecule has 3 aromatic rings. The summed E-state index contributed by atoms with van der Waals surface area (Å²) in [6.07, 6.45) is 0. The lowest BCUT2D eigenvalue weighted by Crippen LogP contribution is -2.12. The van der Waals surface area contributed by atoms with Gasteiger partial charge in [-0.15, -0.1) is 0 Å². The number of halogens is 1. The quantitative estimate of drug-likeness (QED) is 0.622. The Morgan fingerprint density at radius 1 is 1.16 bits per heavy atom. The fourth-order valence-electron chi connectivity index (χ4n) is 2.32. The smallest absolute Gasteiger partial charge is 0.249 e. The van der Waals surface area contributed by atoms with Crippen LogP contribution < -0.4 is 5.73 Å². The number of fused-ring (bicyclic) bond motifs is 1. The summed E-state index contributed by atoms with van der Waals surface area (Å²) in [5.41, 5.74) is 7.76. The molecule has 6 heteroatoms. The molecule has 1 heterocycles. The van der Waals surface area contributed by atoms with E-state index in [-0.39, 0.29) is 5.75 Å². The van der Waals surface area contributed by atoms with Gasteiger partial charge in [-0.2, -0.15) is 0 Å². The Morgan fingerprint density at radius 3 is 2.40 bits per heavy atom. The van der Waals surface area contributed by atoms with E-state index in [2.05, 4.69) is 4.98 Å². The van der Waals surface area contributed by atoms with Crippen molar-refractivity contribution in [3.05, 3.63) is 71.2 Å². The first kappa shape index (κ1) is 18.1. The Bertz CT molecular complexity index is 955. The van der Waals surface area contributed by atoms with Crippen LogP contribution in [0.25, 0.3) is 10.9 Å². The van der Waals surface area contributed by atoms with Crippen LogP contribution in [0.2, 0.25) is 0 Å². The molecule has 0 fully saturated rings. The molecule has 0 bridgehead atoms. The van der Waals surface area contributed by atoms with Crippen LogP contribution in [0.5, 0.6) is 5.75 Å². The number of rotatable bonds is 2. The number of primary amides is 1. The molecule has 0 unspecified atom stereocenters. The van der Waals surface area contributed by atoms with Gasteiger partial charge in [-0.3, -0.25) is 9.78 Å². The third-order valence-corrected chi connectivity index (χ3v) is 3.47. The van der Waals surface area contributed by atoms with Gasteiger partial charge in [0.05, 0.1) is 11.1 Å². The molecule has 25 heavy (non-hydrogen) atoms. The normalized spacial score (nSPS) is 10.0. The molecule has 0 aliphatic heterocycles. The molecular formula is C19H18FN3O2. The number of para-hydroxylation sites is 1. The van der Waals surface area contributed by atoms with Gasteiger partial charge < -0.3 is 16.2 Å². The van der Waals surface area contributed by atoms with Gasteiger partial charge in [0.2, 0.25) is 5.91 Å². The second-order valence-electron chi connectivity index (χ2n) is 5.48. The first-order valence-electron chi connectivity index (χ1n) is 7.50. The van der Waals surface area contributed by atoms with Crippen molar-refractivity contribution >= 4 is 22.5 Å². The first-order chi connectivity index (χ1) is 11.8. The van der Waals surface area contributed by atoms with Gasteiger partial charge in [0.15, 0.2) is 0 Å². The molecule has 0 atom stereocenters. The number of aromatic nitrogens is 1. The van der Waals surface area contributed by atoms with Crippen molar-refractivity contribution in [1.29, 1.82) is 5.41 Å². The van der Waals surface area contributed by atoms with Gasteiger partial charge in [0.25, 0.3) is 0 Å². The molecule has 0 radical (unpaired) electrons. The van der Waals surface area contributed by atoms with Crippen molar-refractivity contribution < 1.29 is 14.3 Å². The largest absolute Gasteiger partial charge is 0.507 e. The third-order valence-electron chi connectivity index (χ3n) is 3.47. The Balaban J connectivity index is 0.000000196. The topological polar surface area (TPSA) is 100 Å². The van der Waals surface area contributed by atoms with Crippen LogP contribution in [-0.4, -0.2) is 21.7 Å². The fraction of sp³-hybridized carbons (Fsp3) is 0.105. The number of nitrogens with two attached hydrogens (primary N) is 1. The summed E-state index contributed by atoms with van der Waals surface area (Å²) in [5, 5.41) is 16.8. The second kappa shape index (κ2) is 7.53. The number of hydrogen-bond donors (Lipinski definition) is 3. The zero-order chi connectivity index (χ0) is 18.6. The molecule has 0 saturated carbocycles. The van der Waals surface area contributed by atoms with E-state index in [9.17, 15) is 9.18 Å². The molecule has 1 amide bonds. The lowest BCUT2D eigenvalue weighted by Gasteiger charge is -2.04. The maximum absolute atomic E-state index is 13.0. The molecule has 128 valence electrons. The predicted molar refractivity (Wildman–Crippen MR) is 95.6 cm³/mol. The van der Waals surface area contributed by atoms with Crippen molar-refractivity contribution in [2.45, 2.75) is 13.8 Å². The number of pyridine rings is 1. The number of nitrogens with zero attached hydrogens (tertiary/aromatic N) is 1. The fourth-order valence-corrected chi connectivity index (χ4v) is 2.32. The monoisotopic (exact) mass is 339 g/mol. The molecule has 3 rings (SSSR count). The first-order valence-corrected chi connectivity index (χ1v) is 7.50. The van der Waals surface area contributed by atoms with E-state index in [1.807, 2.05) is 0 Å². The zero-order valence-electron chi connectivity index (χ0n) is 13.9. The number of nitrogens with one attached hydrogen (secondary N) is 1. The number of aryl methyl sites for hydroxylation is 1. The summed E-state index contributed by atoms with van der Waals surface area (Å²) in [6.45, 7) is 3.41. The lowest BCUT2D eigenvalue weighted by molar-refractivity contribution is 0.100. The van der Waals surface area contributed by atoms with Gasteiger partial charge >= 0.3 is 0 Å². The van der Waals surface area contributed by atoms with Gasteiger partial charge in [-0.1, -0.05) is 12.1 Å². The van der Waals surface area contributed by atoms with Crippen LogP contribution in [0.15, 0.2) is 48.5 Å². The lowest BCUT2D eigenvalue weighted by atomic mass is 10.1. The molecule has 1 aromatic heterocycles. The Hall–Kier alpha value is -3.28. The van der Waals surface area contributed by atoms with Gasteiger partial charge in [-0.25, -0.2) is 4.39 Å². The molecule has 0 aliphatic carbocycles. The summed E-state index contributed by atoms with van der Waals surface area (Å²) in [6, 6.07) is 12.5. The number of phenolic OH excluding ortho intramolecular Hbond substituents is 1. The van der Waals surface area contributed by atoms with Gasteiger partial charge in [0, 0.05) is 22.4 Å². The SMILES string of the molecule is CC(=N)c1ccccc1O.Cc1cc(C(N)=O)c2cc(F)ccc2n1. The highest BCUT2D eigenvalue weighted by atomic mass is 19.1. The van der Waals surface area contributed by atoms with Gasteiger partial charge in [0.1, 0.15) is 11.6 Å². The van der Waals surface area contributed by atoms with E-state index in [1.165, 1.54) is 18.2 Å². The minimum absolute atomic E-state index is 0.176. The standard InChI is InChI=1S/C11H9FN2O.C8H9NO/c1-6-4-9(11(13)15)8-5-7(12)2-3-10(8)14-6;1-6(9)7-4-2-3-5-8(7)10/h2-5H,1H3,(H2,13,15);2-5,9-10H,1H3. The molecule has 2 aromatic carbocycles. The van der Waals surface area contributed by atoms with E-state index in [0.29, 0.717) is 33.4 Å². The van der Waals surface area contributed by atoms with E-state index < -0.39 is 11.7 Å². The van der Waals surface area contributed by atoms with E-state index in [4.69, 9.17) is 16.2 Å². The Morgan fingerprint density at radius 2 is 1.84 bits per heavy atom. The molecule has 0 aliphatic rings. The number of carbonyl (C=O) groups is 1. The summed E-state index contributed by atoms with van der Waals surface area (Å²) in [7, 11) is 0. The van der Waals surface area contributed by atoms with Crippen molar-refractivity contribution in [1.82, 2.24) is 4.98 Å². The molecule has 5 nitrogen and oxygen atoms in total. The molecular weight excluding hydrogens is 321 g/mol. The summed E-state index contributed by atoms with van der Waals surface area (Å²) in [4.78, 5) is 15.3. The average Bonchev–Trinajstić information content (AvgIpc) is 2.55. The maximum atomic E-state index is 13.0. The molecule has 4 N–H and O–H groups in total. The third kappa shape index (κ3) is 4.38. The molecule has 0 saturated heterocycles. The van der Waals surface area contributed by atoms with Crippen LogP contribution in [-0.2, 0) is 0 Å². The summed E-state index contributed by atoms with van der Waals surface area (Å²) >= 11 is 0. The summed E-state index contributed by atoms with van der Waals surface area (Å²) in [5.74, 6) is -0.804. The van der Waals surface area contributed by atoms with Crippen LogP contribution >= 0.6 is 0 Å². The summed E-state index contributed by atoms with van der Waals surface area (Å²) < 4.78 is 13.0. The van der Waals surface area contributed by atoms with Crippen LogP contribution in [0.3, 0.4) is 0 Å². The van der Waals surface area contributed by atoms with Crippen molar-refractivity contribution in [2.24, 2.45) is 5.73 Å². The minimum Gasteiger partial charge on any atom is -0.507 e. The highest BCUT2D eigenvalue weighted by Gasteiger charge is 2.09. The van der Waals surface area contributed by atoms with E-state index in [0.717, 1.165) is 0 Å². The Labute approximate surface area is 144 Å². The maximum Gasteiger partial charge on any atom is 0.249 e. The average molecular weight is 339 g/mol. The highest BCUT2D eigenvalue weighted by Crippen LogP contribution is 2.19. The zero-order valence-corrected chi connectivity index (χ0v) is 13.9. The van der Waals surface area contributed by atoms with Crippen molar-refractivity contribution in [3.63, 3.8) is 0 Å². The number of amides is 1. The molecule has 0 spiro atoms. The number of hydrogen-bond acceptors (Lipinski definition) is 4. The highest BCUT2D eigenvalue weighted by molar-refractivity contribution is 6.05. The predicted octanol–water partition coefficient (Wildman–Crippen LogP) is 3.56. The second-order valence-corrected chi connectivity index (χ2v) is 5.48. The number of aromatic hydroxyl groups is 1. The minimum atomic E-state index is -0.573. The van der Waals surface area contributed by atoms with Crippen LogP contribution in [0, 0.1) is 18.2 Å². The number of phenols is 1. The van der Waals surface area contributed by atoms with E-state index >= 15 is 0 Å². The van der Waals surface area contributed by atoms with Crippen LogP contribution in [0.4, 0.5) is 4.39 Å². The van der Waals surface area contributed by atoms with E-state index in [1.54, 1.807) is 44.2 Å². The van der Waals surface area contributed by atoms with Crippen molar-refractivity contribution in [3.8, 4) is 5.75 Å².